The monoisotopic (exact) mass is 313 g/mol. The summed E-state index contributed by atoms with van der Waals surface area (Å²) in [6.07, 6.45) is 0. The summed E-state index contributed by atoms with van der Waals surface area (Å²) in [6, 6.07) is 12.4. The molecule has 0 saturated heterocycles. The summed E-state index contributed by atoms with van der Waals surface area (Å²) in [4.78, 5) is 23.7. The molecule has 6 nitrogen and oxygen atoms in total. The summed E-state index contributed by atoms with van der Waals surface area (Å²) in [5, 5.41) is 2.79. The molecule has 4 N–H and O–H groups in total. The van der Waals surface area contributed by atoms with Crippen molar-refractivity contribution in [3.05, 3.63) is 59.2 Å². The maximum atomic E-state index is 12.0. The molecule has 2 aromatic carbocycles. The number of nitrogens with two attached hydrogens (primary N) is 1. The highest BCUT2D eigenvalue weighted by atomic mass is 16.5. The van der Waals surface area contributed by atoms with E-state index in [-0.39, 0.29) is 18.1 Å². The van der Waals surface area contributed by atoms with Crippen molar-refractivity contribution >= 4 is 17.5 Å². The molecule has 6 heteroatoms. The molecule has 120 valence electrons. The highest BCUT2D eigenvalue weighted by Gasteiger charge is 2.12. The van der Waals surface area contributed by atoms with Gasteiger partial charge in [0, 0.05) is 5.69 Å². The Labute approximate surface area is 134 Å². The Morgan fingerprint density at radius 3 is 2.61 bits per heavy atom. The molecular weight excluding hydrogens is 294 g/mol. The molecule has 0 fully saturated rings. The van der Waals surface area contributed by atoms with E-state index in [4.69, 9.17) is 10.6 Å². The Morgan fingerprint density at radius 2 is 1.87 bits per heavy atom. The molecule has 0 radical (unpaired) electrons. The van der Waals surface area contributed by atoms with E-state index in [1.807, 2.05) is 37.5 Å². The number of hydrazine groups is 1. The normalized spacial score (nSPS) is 10.0. The van der Waals surface area contributed by atoms with E-state index in [9.17, 15) is 9.59 Å². The summed E-state index contributed by atoms with van der Waals surface area (Å²) >= 11 is 0. The second kappa shape index (κ2) is 7.42. The van der Waals surface area contributed by atoms with Crippen LogP contribution in [0, 0.1) is 13.8 Å². The van der Waals surface area contributed by atoms with Crippen LogP contribution in [0.15, 0.2) is 42.5 Å². The van der Waals surface area contributed by atoms with Crippen LogP contribution < -0.4 is 21.3 Å². The van der Waals surface area contributed by atoms with Crippen LogP contribution in [0.3, 0.4) is 0 Å². The van der Waals surface area contributed by atoms with Gasteiger partial charge >= 0.3 is 0 Å². The third-order valence-electron chi connectivity index (χ3n) is 3.29. The number of carbonyl (C=O) groups excluding carboxylic acids is 2. The summed E-state index contributed by atoms with van der Waals surface area (Å²) in [7, 11) is 0. The van der Waals surface area contributed by atoms with Gasteiger partial charge in [0.2, 0.25) is 0 Å². The molecule has 0 aliphatic carbocycles. The second-order valence-corrected chi connectivity index (χ2v) is 5.12. The molecule has 0 spiro atoms. The number of nitrogens with one attached hydrogen (secondary N) is 2. The lowest BCUT2D eigenvalue weighted by molar-refractivity contribution is -0.118. The summed E-state index contributed by atoms with van der Waals surface area (Å²) in [5.41, 5.74) is 5.08. The Morgan fingerprint density at radius 1 is 1.13 bits per heavy atom. The molecule has 0 bridgehead atoms. The second-order valence-electron chi connectivity index (χ2n) is 5.12. The molecule has 0 unspecified atom stereocenters. The van der Waals surface area contributed by atoms with Gasteiger partial charge in [0.25, 0.3) is 11.8 Å². The van der Waals surface area contributed by atoms with Gasteiger partial charge < -0.3 is 10.1 Å². The Bertz CT molecular complexity index is 729. The number of ether oxygens (including phenoxy) is 1. The molecule has 2 amide bonds. The van der Waals surface area contributed by atoms with Crippen molar-refractivity contribution in [1.29, 1.82) is 0 Å². The molecule has 2 aromatic rings. The standard InChI is InChI=1S/C17H19N3O3/c1-11-7-8-12(2)14(9-11)19-16(21)10-23-15-6-4-3-5-13(15)17(22)20-18/h3-9H,10,18H2,1-2H3,(H,19,21)(H,20,22). The van der Waals surface area contributed by atoms with Gasteiger partial charge in [-0.05, 0) is 43.2 Å². The predicted molar refractivity (Wildman–Crippen MR) is 88.1 cm³/mol. The van der Waals surface area contributed by atoms with E-state index in [0.717, 1.165) is 16.8 Å². The van der Waals surface area contributed by atoms with Crippen molar-refractivity contribution in [1.82, 2.24) is 5.43 Å². The first kappa shape index (κ1) is 16.5. The van der Waals surface area contributed by atoms with Crippen molar-refractivity contribution in [2.45, 2.75) is 13.8 Å². The van der Waals surface area contributed by atoms with Crippen molar-refractivity contribution in [3.8, 4) is 5.75 Å². The average Bonchev–Trinajstić information content (AvgIpc) is 2.56. The zero-order valence-electron chi connectivity index (χ0n) is 13.1. The zero-order valence-corrected chi connectivity index (χ0v) is 13.1. The van der Waals surface area contributed by atoms with E-state index in [0.29, 0.717) is 5.75 Å². The SMILES string of the molecule is Cc1ccc(C)c(NC(=O)COc2ccccc2C(=O)NN)c1. The first-order valence-electron chi connectivity index (χ1n) is 7.11. The Balaban J connectivity index is 2.02. The van der Waals surface area contributed by atoms with Crippen LogP contribution in [0.2, 0.25) is 0 Å². The van der Waals surface area contributed by atoms with Crippen molar-refractivity contribution in [2.24, 2.45) is 5.84 Å². The van der Waals surface area contributed by atoms with Crippen LogP contribution in [-0.4, -0.2) is 18.4 Å². The van der Waals surface area contributed by atoms with Gasteiger partial charge in [-0.15, -0.1) is 0 Å². The maximum Gasteiger partial charge on any atom is 0.268 e. The van der Waals surface area contributed by atoms with Crippen LogP contribution in [0.5, 0.6) is 5.75 Å². The van der Waals surface area contributed by atoms with Crippen LogP contribution in [0.4, 0.5) is 5.69 Å². The fourth-order valence-electron chi connectivity index (χ4n) is 2.06. The average molecular weight is 313 g/mol. The minimum atomic E-state index is -0.476. The smallest absolute Gasteiger partial charge is 0.268 e. The lowest BCUT2D eigenvalue weighted by Gasteiger charge is -2.12. The number of para-hydroxylation sites is 1. The maximum absolute atomic E-state index is 12.0. The van der Waals surface area contributed by atoms with Crippen LogP contribution >= 0.6 is 0 Å². The van der Waals surface area contributed by atoms with Crippen molar-refractivity contribution in [2.75, 3.05) is 11.9 Å². The minimum absolute atomic E-state index is 0.206. The highest BCUT2D eigenvalue weighted by molar-refractivity contribution is 5.97. The fraction of sp³-hybridized carbons (Fsp3) is 0.176. The van der Waals surface area contributed by atoms with Gasteiger partial charge in [-0.1, -0.05) is 24.3 Å². The molecular formula is C17H19N3O3. The topological polar surface area (TPSA) is 93.4 Å². The van der Waals surface area contributed by atoms with Crippen molar-refractivity contribution in [3.63, 3.8) is 0 Å². The summed E-state index contributed by atoms with van der Waals surface area (Å²) < 4.78 is 5.44. The van der Waals surface area contributed by atoms with E-state index in [1.54, 1.807) is 24.3 Å². The number of hydrogen-bond donors (Lipinski definition) is 3. The highest BCUT2D eigenvalue weighted by Crippen LogP contribution is 2.19. The fourth-order valence-corrected chi connectivity index (χ4v) is 2.06. The van der Waals surface area contributed by atoms with E-state index in [2.05, 4.69) is 5.32 Å². The van der Waals surface area contributed by atoms with E-state index in [1.165, 1.54) is 0 Å². The first-order valence-corrected chi connectivity index (χ1v) is 7.11. The quantitative estimate of drug-likeness (QED) is 0.446. The number of nitrogen functional groups attached to an aromatic ring is 1. The summed E-state index contributed by atoms with van der Waals surface area (Å²) in [6.45, 7) is 3.66. The molecule has 0 aromatic heterocycles. The number of benzene rings is 2. The Kier molecular flexibility index (Phi) is 5.32. The first-order chi connectivity index (χ1) is 11.0. The molecule has 0 saturated carbocycles. The van der Waals surface area contributed by atoms with Gasteiger partial charge in [0.1, 0.15) is 5.75 Å². The molecule has 0 heterocycles. The number of aryl methyl sites for hydroxylation is 2. The lowest BCUT2D eigenvalue weighted by Crippen LogP contribution is -2.30. The van der Waals surface area contributed by atoms with Crippen LogP contribution in [0.1, 0.15) is 21.5 Å². The number of amides is 2. The third kappa shape index (κ3) is 4.31. The largest absolute Gasteiger partial charge is 0.483 e. The van der Waals surface area contributed by atoms with Gasteiger partial charge in [0.05, 0.1) is 5.56 Å². The summed E-state index contributed by atoms with van der Waals surface area (Å²) in [5.74, 6) is 4.64. The number of carbonyl (C=O) groups is 2. The molecule has 0 aliphatic heterocycles. The zero-order chi connectivity index (χ0) is 16.8. The van der Waals surface area contributed by atoms with E-state index < -0.39 is 5.91 Å². The lowest BCUT2D eigenvalue weighted by atomic mass is 10.1. The Hall–Kier alpha value is -2.86. The van der Waals surface area contributed by atoms with E-state index >= 15 is 0 Å². The molecule has 2 rings (SSSR count). The van der Waals surface area contributed by atoms with Crippen LogP contribution in [0.25, 0.3) is 0 Å². The predicted octanol–water partition coefficient (Wildman–Crippen LogP) is 1.92. The van der Waals surface area contributed by atoms with Gasteiger partial charge in [-0.25, -0.2) is 5.84 Å². The van der Waals surface area contributed by atoms with Gasteiger partial charge in [0.15, 0.2) is 6.61 Å². The molecule has 0 atom stereocenters. The van der Waals surface area contributed by atoms with Crippen molar-refractivity contribution < 1.29 is 14.3 Å². The number of hydrogen-bond acceptors (Lipinski definition) is 4. The number of rotatable bonds is 5. The minimum Gasteiger partial charge on any atom is -0.483 e. The molecule has 0 aliphatic rings. The van der Waals surface area contributed by atoms with Crippen LogP contribution in [-0.2, 0) is 4.79 Å². The molecule has 23 heavy (non-hydrogen) atoms. The third-order valence-corrected chi connectivity index (χ3v) is 3.29. The number of anilines is 1. The van der Waals surface area contributed by atoms with Gasteiger partial charge in [-0.3, -0.25) is 15.0 Å². The van der Waals surface area contributed by atoms with Gasteiger partial charge in [-0.2, -0.15) is 0 Å².